The molecule has 0 aromatic heterocycles. The van der Waals surface area contributed by atoms with Crippen molar-refractivity contribution in [1.82, 2.24) is 0 Å². The summed E-state index contributed by atoms with van der Waals surface area (Å²) in [7, 11) is 1.65. The van der Waals surface area contributed by atoms with E-state index in [1.165, 1.54) is 0 Å². The summed E-state index contributed by atoms with van der Waals surface area (Å²) < 4.78 is 5.18. The molecule has 78 valence electrons. The highest BCUT2D eigenvalue weighted by atomic mass is 16.5. The lowest BCUT2D eigenvalue weighted by Crippen LogP contribution is -2.26. The largest absolute Gasteiger partial charge is 0.390 e. The number of hydrogen-bond acceptors (Lipinski definition) is 2. The predicted molar refractivity (Wildman–Crippen MR) is 55.7 cm³/mol. The van der Waals surface area contributed by atoms with Crippen LogP contribution in [0.4, 0.5) is 0 Å². The highest BCUT2D eigenvalue weighted by molar-refractivity contribution is 4.88. The molecular formula is C11H22O2. The first-order valence-electron chi connectivity index (χ1n) is 4.99. The topological polar surface area (TPSA) is 29.5 Å². The van der Waals surface area contributed by atoms with Crippen LogP contribution in [0.25, 0.3) is 0 Å². The molecule has 2 unspecified atom stereocenters. The Kier molecular flexibility index (Phi) is 6.92. The summed E-state index contributed by atoms with van der Waals surface area (Å²) in [6.07, 6.45) is 5.35. The van der Waals surface area contributed by atoms with E-state index in [0.29, 0.717) is 5.92 Å². The first kappa shape index (κ1) is 12.7. The van der Waals surface area contributed by atoms with Crippen molar-refractivity contribution < 1.29 is 9.84 Å². The summed E-state index contributed by atoms with van der Waals surface area (Å²) >= 11 is 0. The summed E-state index contributed by atoms with van der Waals surface area (Å²) in [5.41, 5.74) is 0. The Morgan fingerprint density at radius 1 is 1.38 bits per heavy atom. The van der Waals surface area contributed by atoms with Crippen molar-refractivity contribution in [3.8, 4) is 0 Å². The third-order valence-corrected chi connectivity index (χ3v) is 2.04. The fourth-order valence-electron chi connectivity index (χ4n) is 1.16. The van der Waals surface area contributed by atoms with Gasteiger partial charge in [0.25, 0.3) is 0 Å². The van der Waals surface area contributed by atoms with Crippen LogP contribution in [-0.4, -0.2) is 24.4 Å². The molecule has 1 N–H and O–H groups in total. The van der Waals surface area contributed by atoms with Crippen molar-refractivity contribution in [2.75, 3.05) is 7.11 Å². The van der Waals surface area contributed by atoms with Crippen LogP contribution in [0.1, 0.15) is 33.6 Å². The van der Waals surface area contributed by atoms with E-state index in [9.17, 15) is 5.11 Å². The van der Waals surface area contributed by atoms with Gasteiger partial charge in [0.2, 0.25) is 0 Å². The van der Waals surface area contributed by atoms with E-state index in [1.807, 2.05) is 6.92 Å². The molecule has 0 aromatic carbocycles. The molecule has 0 saturated heterocycles. The molecule has 0 aliphatic carbocycles. The standard InChI is InChI=1S/C11H22O2/c1-5-10(12)11(13-4)8-6-7-9(2)3/h6-7,9-12H,5,8H2,1-4H3. The third-order valence-electron chi connectivity index (χ3n) is 2.04. The maximum absolute atomic E-state index is 9.52. The quantitative estimate of drug-likeness (QED) is 0.645. The molecule has 2 heteroatoms. The van der Waals surface area contributed by atoms with Crippen LogP contribution in [0.5, 0.6) is 0 Å². The van der Waals surface area contributed by atoms with Crippen LogP contribution in [0.2, 0.25) is 0 Å². The summed E-state index contributed by atoms with van der Waals surface area (Å²) in [5, 5.41) is 9.52. The molecule has 0 amide bonds. The average Bonchev–Trinajstić information content (AvgIpc) is 2.11. The number of rotatable bonds is 6. The average molecular weight is 186 g/mol. The smallest absolute Gasteiger partial charge is 0.0864 e. The fraction of sp³-hybridized carbons (Fsp3) is 0.818. The second-order valence-electron chi connectivity index (χ2n) is 3.66. The molecule has 0 radical (unpaired) electrons. The Bertz CT molecular complexity index is 141. The van der Waals surface area contributed by atoms with Gasteiger partial charge in [-0.3, -0.25) is 0 Å². The lowest BCUT2D eigenvalue weighted by Gasteiger charge is -2.18. The van der Waals surface area contributed by atoms with Crippen molar-refractivity contribution in [3.63, 3.8) is 0 Å². The summed E-state index contributed by atoms with van der Waals surface area (Å²) in [5.74, 6) is 0.566. The zero-order valence-electron chi connectivity index (χ0n) is 9.16. The van der Waals surface area contributed by atoms with Gasteiger partial charge in [0.1, 0.15) is 0 Å². The van der Waals surface area contributed by atoms with Crippen molar-refractivity contribution in [2.24, 2.45) is 5.92 Å². The van der Waals surface area contributed by atoms with E-state index in [0.717, 1.165) is 12.8 Å². The number of ether oxygens (including phenoxy) is 1. The van der Waals surface area contributed by atoms with Crippen molar-refractivity contribution >= 4 is 0 Å². The van der Waals surface area contributed by atoms with Gasteiger partial charge in [0.15, 0.2) is 0 Å². The Labute approximate surface area is 81.6 Å². The maximum Gasteiger partial charge on any atom is 0.0864 e. The van der Waals surface area contributed by atoms with E-state index < -0.39 is 0 Å². The molecule has 0 fully saturated rings. The van der Waals surface area contributed by atoms with Gasteiger partial charge in [-0.15, -0.1) is 0 Å². The maximum atomic E-state index is 9.52. The minimum Gasteiger partial charge on any atom is -0.390 e. The van der Waals surface area contributed by atoms with Gasteiger partial charge < -0.3 is 9.84 Å². The minimum absolute atomic E-state index is 0.0556. The third kappa shape index (κ3) is 5.83. The monoisotopic (exact) mass is 186 g/mol. The summed E-state index contributed by atoms with van der Waals surface area (Å²) in [6, 6.07) is 0. The fourth-order valence-corrected chi connectivity index (χ4v) is 1.16. The molecule has 0 bridgehead atoms. The lowest BCUT2D eigenvalue weighted by molar-refractivity contribution is -0.0110. The number of methoxy groups -OCH3 is 1. The number of hydrogen-bond donors (Lipinski definition) is 1. The van der Waals surface area contributed by atoms with Crippen LogP contribution in [0, 0.1) is 5.92 Å². The molecule has 0 aliphatic rings. The van der Waals surface area contributed by atoms with Crippen molar-refractivity contribution in [2.45, 2.75) is 45.8 Å². The van der Waals surface area contributed by atoms with Gasteiger partial charge in [-0.05, 0) is 18.8 Å². The zero-order valence-corrected chi connectivity index (χ0v) is 9.16. The molecule has 13 heavy (non-hydrogen) atoms. The highest BCUT2D eigenvalue weighted by Crippen LogP contribution is 2.08. The van der Waals surface area contributed by atoms with Gasteiger partial charge in [0, 0.05) is 7.11 Å². The molecule has 0 aliphatic heterocycles. The predicted octanol–water partition coefficient (Wildman–Crippen LogP) is 2.37. The van der Waals surface area contributed by atoms with Crippen LogP contribution < -0.4 is 0 Å². The first-order chi connectivity index (χ1) is 6.11. The van der Waals surface area contributed by atoms with E-state index in [4.69, 9.17) is 4.74 Å². The van der Waals surface area contributed by atoms with Gasteiger partial charge in [-0.25, -0.2) is 0 Å². The molecule has 2 nitrogen and oxygen atoms in total. The lowest BCUT2D eigenvalue weighted by atomic mass is 10.1. The Morgan fingerprint density at radius 2 is 2.00 bits per heavy atom. The van der Waals surface area contributed by atoms with Crippen LogP contribution in [0.15, 0.2) is 12.2 Å². The van der Waals surface area contributed by atoms with E-state index in [2.05, 4.69) is 26.0 Å². The molecular weight excluding hydrogens is 164 g/mol. The first-order valence-corrected chi connectivity index (χ1v) is 4.99. The molecule has 0 spiro atoms. The van der Waals surface area contributed by atoms with E-state index >= 15 is 0 Å². The van der Waals surface area contributed by atoms with E-state index in [1.54, 1.807) is 7.11 Å². The van der Waals surface area contributed by atoms with Gasteiger partial charge >= 0.3 is 0 Å². The number of allylic oxidation sites excluding steroid dienone is 1. The van der Waals surface area contributed by atoms with Crippen LogP contribution in [-0.2, 0) is 4.74 Å². The van der Waals surface area contributed by atoms with E-state index in [-0.39, 0.29) is 12.2 Å². The van der Waals surface area contributed by atoms with Crippen LogP contribution in [0.3, 0.4) is 0 Å². The second-order valence-corrected chi connectivity index (χ2v) is 3.66. The van der Waals surface area contributed by atoms with Gasteiger partial charge in [-0.1, -0.05) is 32.9 Å². The molecule has 0 saturated carbocycles. The molecule has 2 atom stereocenters. The Hall–Kier alpha value is -0.340. The van der Waals surface area contributed by atoms with Crippen molar-refractivity contribution in [1.29, 1.82) is 0 Å². The number of aliphatic hydroxyl groups excluding tert-OH is 1. The Morgan fingerprint density at radius 3 is 2.38 bits per heavy atom. The minimum atomic E-state index is -0.346. The normalized spacial score (nSPS) is 16.8. The summed E-state index contributed by atoms with van der Waals surface area (Å²) in [6.45, 7) is 6.23. The summed E-state index contributed by atoms with van der Waals surface area (Å²) in [4.78, 5) is 0. The molecule has 0 aromatic rings. The zero-order chi connectivity index (χ0) is 10.3. The molecule has 0 rings (SSSR count). The van der Waals surface area contributed by atoms with Crippen LogP contribution >= 0.6 is 0 Å². The highest BCUT2D eigenvalue weighted by Gasteiger charge is 2.14. The molecule has 0 heterocycles. The number of aliphatic hydroxyl groups is 1. The second kappa shape index (κ2) is 7.10. The van der Waals surface area contributed by atoms with Gasteiger partial charge in [0.05, 0.1) is 12.2 Å². The van der Waals surface area contributed by atoms with Gasteiger partial charge in [-0.2, -0.15) is 0 Å². The Balaban J connectivity index is 3.84. The SMILES string of the molecule is CCC(O)C(CC=CC(C)C)OC. The van der Waals surface area contributed by atoms with Crippen molar-refractivity contribution in [3.05, 3.63) is 12.2 Å².